The minimum atomic E-state index is -2.42. The molecular weight excluding hydrogens is 232 g/mol. The van der Waals surface area contributed by atoms with Crippen LogP contribution < -0.4 is 5.32 Å². The molecule has 0 saturated heterocycles. The first-order valence-corrected chi connectivity index (χ1v) is 7.42. The van der Waals surface area contributed by atoms with E-state index in [4.69, 9.17) is 0 Å². The summed E-state index contributed by atoms with van der Waals surface area (Å²) in [6.07, 6.45) is 3.81. The van der Waals surface area contributed by atoms with Crippen molar-refractivity contribution < 1.29 is 8.78 Å². The minimum absolute atomic E-state index is 0.0898. The first kappa shape index (κ1) is 15.9. The molecule has 1 aliphatic carbocycles. The van der Waals surface area contributed by atoms with Crippen LogP contribution in [0.25, 0.3) is 0 Å². The second-order valence-corrected chi connectivity index (χ2v) is 6.51. The lowest BCUT2D eigenvalue weighted by molar-refractivity contribution is -0.0567. The Bertz CT molecular complexity index is 251. The van der Waals surface area contributed by atoms with Crippen LogP contribution in [0.4, 0.5) is 8.78 Å². The molecule has 2 unspecified atom stereocenters. The van der Waals surface area contributed by atoms with E-state index in [1.165, 1.54) is 0 Å². The van der Waals surface area contributed by atoms with Gasteiger partial charge in [-0.15, -0.1) is 0 Å². The average molecular weight is 261 g/mol. The molecule has 1 rings (SSSR count). The molecule has 1 N–H and O–H groups in total. The molecule has 0 amide bonds. The van der Waals surface area contributed by atoms with E-state index >= 15 is 0 Å². The van der Waals surface area contributed by atoms with Crippen molar-refractivity contribution in [3.8, 4) is 0 Å². The van der Waals surface area contributed by atoms with Crippen LogP contribution in [-0.4, -0.2) is 18.5 Å². The third-order valence-electron chi connectivity index (χ3n) is 4.62. The summed E-state index contributed by atoms with van der Waals surface area (Å²) in [6, 6.07) is 0.353. The fourth-order valence-corrected chi connectivity index (χ4v) is 2.98. The van der Waals surface area contributed by atoms with Gasteiger partial charge in [-0.3, -0.25) is 0 Å². The molecular formula is C15H29F2N. The highest BCUT2D eigenvalue weighted by molar-refractivity contribution is 4.88. The fraction of sp³-hybridized carbons (Fsp3) is 1.00. The molecule has 1 fully saturated rings. The van der Waals surface area contributed by atoms with Gasteiger partial charge in [0.05, 0.1) is 0 Å². The van der Waals surface area contributed by atoms with Crippen LogP contribution in [0, 0.1) is 11.3 Å². The van der Waals surface area contributed by atoms with Crippen LogP contribution in [0.15, 0.2) is 0 Å². The lowest BCUT2D eigenvalue weighted by Crippen LogP contribution is -2.44. The van der Waals surface area contributed by atoms with Gasteiger partial charge in [0.2, 0.25) is 5.92 Å². The molecule has 0 heterocycles. The summed E-state index contributed by atoms with van der Waals surface area (Å²) in [6.45, 7) is 9.66. The number of nitrogens with one attached hydrogen (secondary N) is 1. The number of alkyl halides is 2. The van der Waals surface area contributed by atoms with Crippen molar-refractivity contribution in [3.63, 3.8) is 0 Å². The van der Waals surface area contributed by atoms with Gasteiger partial charge >= 0.3 is 0 Å². The number of halogens is 2. The number of hydrogen-bond donors (Lipinski definition) is 1. The van der Waals surface area contributed by atoms with Crippen LogP contribution in [0.3, 0.4) is 0 Å². The Morgan fingerprint density at radius 2 is 2.00 bits per heavy atom. The SMILES string of the molecule is CCNC(CC1CCCC(F)(F)C1)C(C)(C)CC. The van der Waals surface area contributed by atoms with Crippen molar-refractivity contribution in [1.29, 1.82) is 0 Å². The Labute approximate surface area is 111 Å². The Morgan fingerprint density at radius 3 is 2.50 bits per heavy atom. The molecule has 0 aromatic heterocycles. The Morgan fingerprint density at radius 1 is 1.33 bits per heavy atom. The summed E-state index contributed by atoms with van der Waals surface area (Å²) in [4.78, 5) is 0. The van der Waals surface area contributed by atoms with Crippen LogP contribution in [0.1, 0.15) is 66.2 Å². The topological polar surface area (TPSA) is 12.0 Å². The van der Waals surface area contributed by atoms with Crippen molar-refractivity contribution >= 4 is 0 Å². The van der Waals surface area contributed by atoms with Gasteiger partial charge < -0.3 is 5.32 Å². The lowest BCUT2D eigenvalue weighted by atomic mass is 9.74. The molecule has 0 bridgehead atoms. The monoisotopic (exact) mass is 261 g/mol. The van der Waals surface area contributed by atoms with Crippen molar-refractivity contribution in [2.24, 2.45) is 11.3 Å². The predicted octanol–water partition coefficient (Wildman–Crippen LogP) is 4.62. The maximum Gasteiger partial charge on any atom is 0.248 e. The Hall–Kier alpha value is -0.180. The summed E-state index contributed by atoms with van der Waals surface area (Å²) in [5, 5.41) is 3.50. The summed E-state index contributed by atoms with van der Waals surface area (Å²) >= 11 is 0. The second-order valence-electron chi connectivity index (χ2n) is 6.51. The van der Waals surface area contributed by atoms with Gasteiger partial charge in [-0.1, -0.05) is 27.7 Å². The average Bonchev–Trinajstić information content (AvgIpc) is 2.27. The molecule has 0 aliphatic heterocycles. The van der Waals surface area contributed by atoms with Gasteiger partial charge in [0.15, 0.2) is 0 Å². The van der Waals surface area contributed by atoms with Gasteiger partial charge in [-0.25, -0.2) is 8.78 Å². The molecule has 108 valence electrons. The Kier molecular flexibility index (Phi) is 5.57. The van der Waals surface area contributed by atoms with Gasteiger partial charge in [0.25, 0.3) is 0 Å². The Balaban J connectivity index is 2.60. The van der Waals surface area contributed by atoms with E-state index in [1.54, 1.807) is 0 Å². The number of hydrogen-bond acceptors (Lipinski definition) is 1. The fourth-order valence-electron chi connectivity index (χ4n) is 2.98. The zero-order valence-corrected chi connectivity index (χ0v) is 12.4. The molecule has 0 aromatic rings. The summed E-state index contributed by atoms with van der Waals surface area (Å²) < 4.78 is 26.9. The molecule has 2 atom stereocenters. The zero-order valence-electron chi connectivity index (χ0n) is 12.4. The molecule has 1 nitrogen and oxygen atoms in total. The van der Waals surface area contributed by atoms with Gasteiger partial charge in [0, 0.05) is 18.9 Å². The third kappa shape index (κ3) is 4.49. The van der Waals surface area contributed by atoms with E-state index in [0.717, 1.165) is 25.8 Å². The largest absolute Gasteiger partial charge is 0.314 e. The predicted molar refractivity (Wildman–Crippen MR) is 73.1 cm³/mol. The number of rotatable bonds is 6. The van der Waals surface area contributed by atoms with Crippen LogP contribution in [0.2, 0.25) is 0 Å². The molecule has 0 radical (unpaired) electrons. The van der Waals surface area contributed by atoms with Crippen molar-refractivity contribution in [1.82, 2.24) is 5.32 Å². The molecule has 3 heteroatoms. The van der Waals surface area contributed by atoms with Crippen LogP contribution in [-0.2, 0) is 0 Å². The molecule has 1 aliphatic rings. The summed E-state index contributed by atoms with van der Waals surface area (Å²) in [5.41, 5.74) is 0.183. The quantitative estimate of drug-likeness (QED) is 0.736. The highest BCUT2D eigenvalue weighted by atomic mass is 19.3. The lowest BCUT2D eigenvalue weighted by Gasteiger charge is -2.38. The van der Waals surface area contributed by atoms with Gasteiger partial charge in [0.1, 0.15) is 0 Å². The van der Waals surface area contributed by atoms with E-state index in [2.05, 4.69) is 33.0 Å². The highest BCUT2D eigenvalue weighted by Crippen LogP contribution is 2.40. The normalized spacial score (nSPS) is 26.0. The standard InChI is InChI=1S/C15H29F2N/c1-5-14(3,4)13(18-6-2)10-12-8-7-9-15(16,17)11-12/h12-13,18H,5-11H2,1-4H3. The highest BCUT2D eigenvalue weighted by Gasteiger charge is 2.38. The van der Waals surface area contributed by atoms with E-state index < -0.39 is 5.92 Å². The molecule has 1 saturated carbocycles. The second kappa shape index (κ2) is 6.31. The van der Waals surface area contributed by atoms with Crippen molar-refractivity contribution in [3.05, 3.63) is 0 Å². The third-order valence-corrected chi connectivity index (χ3v) is 4.62. The van der Waals surface area contributed by atoms with E-state index in [-0.39, 0.29) is 24.2 Å². The summed E-state index contributed by atoms with van der Waals surface area (Å²) in [5.74, 6) is -2.24. The first-order valence-electron chi connectivity index (χ1n) is 7.42. The van der Waals surface area contributed by atoms with Crippen molar-refractivity contribution in [2.45, 2.75) is 78.2 Å². The van der Waals surface area contributed by atoms with Crippen LogP contribution >= 0.6 is 0 Å². The van der Waals surface area contributed by atoms with E-state index in [1.807, 2.05) is 0 Å². The molecule has 18 heavy (non-hydrogen) atoms. The first-order chi connectivity index (χ1) is 8.30. The minimum Gasteiger partial charge on any atom is -0.314 e. The maximum absolute atomic E-state index is 13.4. The zero-order chi connectivity index (χ0) is 13.8. The van der Waals surface area contributed by atoms with Crippen LogP contribution in [0.5, 0.6) is 0 Å². The molecule has 0 spiro atoms. The van der Waals surface area contributed by atoms with Gasteiger partial charge in [-0.05, 0) is 43.6 Å². The van der Waals surface area contributed by atoms with E-state index in [9.17, 15) is 8.78 Å². The van der Waals surface area contributed by atoms with E-state index in [0.29, 0.717) is 12.5 Å². The summed E-state index contributed by atoms with van der Waals surface area (Å²) in [7, 11) is 0. The maximum atomic E-state index is 13.4. The smallest absolute Gasteiger partial charge is 0.248 e. The van der Waals surface area contributed by atoms with Gasteiger partial charge in [-0.2, -0.15) is 0 Å². The van der Waals surface area contributed by atoms with Crippen molar-refractivity contribution in [2.75, 3.05) is 6.54 Å². The molecule has 0 aromatic carbocycles.